The maximum absolute atomic E-state index is 11.8. The van der Waals surface area contributed by atoms with Crippen LogP contribution >= 0.6 is 0 Å². The summed E-state index contributed by atoms with van der Waals surface area (Å²) in [4.78, 5) is 11.8. The van der Waals surface area contributed by atoms with E-state index in [-0.39, 0.29) is 12.5 Å². The normalized spacial score (nSPS) is 20.3. The zero-order valence-electron chi connectivity index (χ0n) is 13.2. The van der Waals surface area contributed by atoms with Crippen LogP contribution in [-0.2, 0) is 4.79 Å². The van der Waals surface area contributed by atoms with Crippen molar-refractivity contribution in [2.75, 3.05) is 11.9 Å². The third kappa shape index (κ3) is 4.88. The van der Waals surface area contributed by atoms with Gasteiger partial charge in [-0.2, -0.15) is 5.10 Å². The lowest BCUT2D eigenvalue weighted by Gasteiger charge is -2.19. The van der Waals surface area contributed by atoms with Crippen LogP contribution in [0, 0.1) is 19.8 Å². The number of aryl methyl sites for hydroxylation is 2. The minimum Gasteiger partial charge on any atom is -0.376 e. The Morgan fingerprint density at radius 1 is 1.38 bits per heavy atom. The van der Waals surface area contributed by atoms with Crippen LogP contribution < -0.4 is 10.7 Å². The molecule has 1 aliphatic carbocycles. The third-order valence-electron chi connectivity index (χ3n) is 3.91. The first-order valence-corrected chi connectivity index (χ1v) is 7.70. The Morgan fingerprint density at radius 2 is 2.19 bits per heavy atom. The number of amides is 1. The van der Waals surface area contributed by atoms with E-state index in [2.05, 4.69) is 35.8 Å². The molecular weight excluding hydrogens is 262 g/mol. The van der Waals surface area contributed by atoms with E-state index in [1.54, 1.807) is 0 Å². The molecule has 1 aromatic rings. The number of hydrogen-bond acceptors (Lipinski definition) is 3. The van der Waals surface area contributed by atoms with E-state index in [1.165, 1.54) is 18.4 Å². The van der Waals surface area contributed by atoms with Crippen molar-refractivity contribution >= 4 is 17.3 Å². The second-order valence-corrected chi connectivity index (χ2v) is 6.09. The van der Waals surface area contributed by atoms with Crippen LogP contribution in [0.25, 0.3) is 0 Å². The monoisotopic (exact) mass is 287 g/mol. The molecule has 1 amide bonds. The van der Waals surface area contributed by atoms with Crippen molar-refractivity contribution in [2.24, 2.45) is 11.0 Å². The summed E-state index contributed by atoms with van der Waals surface area (Å²) in [7, 11) is 0. The largest absolute Gasteiger partial charge is 0.376 e. The maximum atomic E-state index is 11.8. The Bertz CT molecular complexity index is 537. The van der Waals surface area contributed by atoms with Gasteiger partial charge in [0.2, 0.25) is 0 Å². The highest BCUT2D eigenvalue weighted by Crippen LogP contribution is 2.21. The van der Waals surface area contributed by atoms with Gasteiger partial charge in [-0.05, 0) is 57.1 Å². The van der Waals surface area contributed by atoms with Crippen LogP contribution in [0.3, 0.4) is 0 Å². The first-order valence-electron chi connectivity index (χ1n) is 7.70. The first kappa shape index (κ1) is 15.5. The fourth-order valence-corrected chi connectivity index (χ4v) is 2.73. The molecule has 0 aliphatic heterocycles. The quantitative estimate of drug-likeness (QED) is 0.834. The van der Waals surface area contributed by atoms with Crippen LogP contribution in [-0.4, -0.2) is 18.2 Å². The zero-order chi connectivity index (χ0) is 15.2. The molecule has 4 nitrogen and oxygen atoms in total. The molecule has 1 aromatic carbocycles. The van der Waals surface area contributed by atoms with Crippen molar-refractivity contribution in [3.8, 4) is 0 Å². The second-order valence-electron chi connectivity index (χ2n) is 6.09. The van der Waals surface area contributed by atoms with Crippen molar-refractivity contribution in [1.29, 1.82) is 0 Å². The van der Waals surface area contributed by atoms with Gasteiger partial charge in [0.1, 0.15) is 0 Å². The minimum atomic E-state index is -0.0966. The Kier molecular flexibility index (Phi) is 5.37. The molecule has 2 rings (SSSR count). The summed E-state index contributed by atoms with van der Waals surface area (Å²) in [6, 6.07) is 6.15. The second kappa shape index (κ2) is 7.25. The van der Waals surface area contributed by atoms with Gasteiger partial charge in [-0.1, -0.05) is 24.6 Å². The van der Waals surface area contributed by atoms with Crippen LogP contribution in [0.1, 0.15) is 43.7 Å². The molecule has 0 radical (unpaired) electrons. The number of nitrogens with one attached hydrogen (secondary N) is 2. The van der Waals surface area contributed by atoms with Crippen LogP contribution in [0.5, 0.6) is 0 Å². The maximum Gasteiger partial charge on any atom is 0.259 e. The summed E-state index contributed by atoms with van der Waals surface area (Å²) in [5.41, 5.74) is 7.15. The van der Waals surface area contributed by atoms with Gasteiger partial charge < -0.3 is 5.32 Å². The molecule has 4 heteroatoms. The molecule has 1 aliphatic rings. The van der Waals surface area contributed by atoms with E-state index in [4.69, 9.17) is 0 Å². The van der Waals surface area contributed by atoms with Gasteiger partial charge in [0, 0.05) is 11.4 Å². The Morgan fingerprint density at radius 3 is 2.90 bits per heavy atom. The first-order chi connectivity index (χ1) is 10.0. The van der Waals surface area contributed by atoms with Crippen molar-refractivity contribution < 1.29 is 4.79 Å². The fraction of sp³-hybridized carbons (Fsp3) is 0.529. The molecule has 1 atom stereocenters. The van der Waals surface area contributed by atoms with Gasteiger partial charge in [-0.15, -0.1) is 0 Å². The standard InChI is InChI=1S/C17H25N3O/c1-12-5-4-6-15(10-12)19-20-17(21)11-18-16-8-7-13(2)9-14(16)3/h7-9,12,18H,4-6,10-11H2,1-3H3,(H,20,21)/b19-15+/t12-/m0/s1. The molecular formula is C17H25N3O. The lowest BCUT2D eigenvalue weighted by Crippen LogP contribution is -2.28. The number of hydrazone groups is 1. The van der Waals surface area contributed by atoms with Crippen molar-refractivity contribution in [2.45, 2.75) is 46.5 Å². The van der Waals surface area contributed by atoms with E-state index >= 15 is 0 Å². The van der Waals surface area contributed by atoms with Crippen LogP contribution in [0.2, 0.25) is 0 Å². The lowest BCUT2D eigenvalue weighted by atomic mass is 9.89. The number of carbonyl (C=O) groups excluding carboxylic acids is 1. The van der Waals surface area contributed by atoms with Gasteiger partial charge in [0.05, 0.1) is 6.54 Å². The van der Waals surface area contributed by atoms with Gasteiger partial charge in [0.15, 0.2) is 0 Å². The topological polar surface area (TPSA) is 53.5 Å². The molecule has 1 fully saturated rings. The van der Waals surface area contributed by atoms with Gasteiger partial charge in [-0.3, -0.25) is 4.79 Å². The molecule has 2 N–H and O–H groups in total. The van der Waals surface area contributed by atoms with E-state index < -0.39 is 0 Å². The molecule has 0 saturated heterocycles. The predicted molar refractivity (Wildman–Crippen MR) is 87.6 cm³/mol. The predicted octanol–water partition coefficient (Wildman–Crippen LogP) is 3.40. The smallest absolute Gasteiger partial charge is 0.259 e. The van der Waals surface area contributed by atoms with Gasteiger partial charge >= 0.3 is 0 Å². The molecule has 114 valence electrons. The average Bonchev–Trinajstić information content (AvgIpc) is 2.44. The fourth-order valence-electron chi connectivity index (χ4n) is 2.73. The number of carbonyl (C=O) groups is 1. The van der Waals surface area contributed by atoms with E-state index in [9.17, 15) is 4.79 Å². The number of hydrogen-bond donors (Lipinski definition) is 2. The highest BCUT2D eigenvalue weighted by molar-refractivity contribution is 5.88. The van der Waals surface area contributed by atoms with Crippen LogP contribution in [0.15, 0.2) is 23.3 Å². The molecule has 0 spiro atoms. The van der Waals surface area contributed by atoms with E-state index in [0.29, 0.717) is 5.92 Å². The summed E-state index contributed by atoms with van der Waals surface area (Å²) < 4.78 is 0. The lowest BCUT2D eigenvalue weighted by molar-refractivity contribution is -0.119. The van der Waals surface area contributed by atoms with E-state index in [0.717, 1.165) is 29.8 Å². The minimum absolute atomic E-state index is 0.0966. The van der Waals surface area contributed by atoms with Gasteiger partial charge in [-0.25, -0.2) is 5.43 Å². The summed E-state index contributed by atoms with van der Waals surface area (Å²) in [6.45, 7) is 6.58. The summed E-state index contributed by atoms with van der Waals surface area (Å²) in [5, 5.41) is 7.41. The third-order valence-corrected chi connectivity index (χ3v) is 3.91. The number of rotatable bonds is 4. The van der Waals surface area contributed by atoms with Crippen molar-refractivity contribution in [1.82, 2.24) is 5.43 Å². The molecule has 0 unspecified atom stereocenters. The Hall–Kier alpha value is -1.84. The molecule has 1 saturated carbocycles. The highest BCUT2D eigenvalue weighted by atomic mass is 16.2. The molecule has 0 bridgehead atoms. The number of anilines is 1. The zero-order valence-corrected chi connectivity index (χ0v) is 13.2. The van der Waals surface area contributed by atoms with Crippen molar-refractivity contribution in [3.63, 3.8) is 0 Å². The summed E-state index contributed by atoms with van der Waals surface area (Å²) in [5.74, 6) is 0.587. The SMILES string of the molecule is Cc1ccc(NCC(=O)N/N=C2\CCC[C@H](C)C2)c(C)c1. The Balaban J connectivity index is 1.80. The van der Waals surface area contributed by atoms with E-state index in [1.807, 2.05) is 19.1 Å². The van der Waals surface area contributed by atoms with Gasteiger partial charge in [0.25, 0.3) is 5.91 Å². The van der Waals surface area contributed by atoms with Crippen molar-refractivity contribution in [3.05, 3.63) is 29.3 Å². The highest BCUT2D eigenvalue weighted by Gasteiger charge is 2.14. The average molecular weight is 287 g/mol. The number of nitrogens with zero attached hydrogens (tertiary/aromatic N) is 1. The van der Waals surface area contributed by atoms with Crippen LogP contribution in [0.4, 0.5) is 5.69 Å². The summed E-state index contributed by atoms with van der Waals surface area (Å²) in [6.07, 6.45) is 4.46. The summed E-state index contributed by atoms with van der Waals surface area (Å²) >= 11 is 0. The molecule has 21 heavy (non-hydrogen) atoms. The Labute approximate surface area is 127 Å². The molecule has 0 heterocycles. The number of benzene rings is 1. The molecule has 0 aromatic heterocycles.